The Balaban J connectivity index is 2.33. The molecule has 0 radical (unpaired) electrons. The SMILES string of the molecule is CCOc1ccc([C@@H]2NC(=O)OCC2(F)F)cc1OC. The number of amides is 1. The van der Waals surface area contributed by atoms with Crippen LogP contribution in [0.1, 0.15) is 18.5 Å². The maximum absolute atomic E-state index is 13.8. The number of halogens is 2. The molecule has 1 aliphatic heterocycles. The number of cyclic esters (lactones) is 1. The Morgan fingerprint density at radius 1 is 1.45 bits per heavy atom. The number of benzene rings is 1. The van der Waals surface area contributed by atoms with E-state index in [9.17, 15) is 13.6 Å². The quantitative estimate of drug-likeness (QED) is 0.924. The van der Waals surface area contributed by atoms with Crippen LogP contribution in [0.5, 0.6) is 11.5 Å². The van der Waals surface area contributed by atoms with E-state index in [-0.39, 0.29) is 5.56 Å². The van der Waals surface area contributed by atoms with E-state index in [1.165, 1.54) is 25.3 Å². The number of nitrogens with one attached hydrogen (secondary N) is 1. The molecule has 0 spiro atoms. The van der Waals surface area contributed by atoms with Crippen LogP contribution in [0, 0.1) is 0 Å². The van der Waals surface area contributed by atoms with Gasteiger partial charge in [-0.05, 0) is 24.6 Å². The first-order chi connectivity index (χ1) is 9.47. The van der Waals surface area contributed by atoms with Crippen molar-refractivity contribution >= 4 is 6.09 Å². The summed E-state index contributed by atoms with van der Waals surface area (Å²) in [5, 5.41) is 2.12. The van der Waals surface area contributed by atoms with E-state index < -0.39 is 24.7 Å². The maximum atomic E-state index is 13.8. The largest absolute Gasteiger partial charge is 0.493 e. The molecule has 0 unspecified atom stereocenters. The fourth-order valence-electron chi connectivity index (χ4n) is 1.98. The first kappa shape index (κ1) is 14.4. The molecule has 7 heteroatoms. The number of rotatable bonds is 4. The topological polar surface area (TPSA) is 56.8 Å². The van der Waals surface area contributed by atoms with E-state index in [1.54, 1.807) is 6.92 Å². The maximum Gasteiger partial charge on any atom is 0.408 e. The number of alkyl carbamates (subject to hydrolysis) is 1. The Bertz CT molecular complexity index is 507. The van der Waals surface area contributed by atoms with Crippen molar-refractivity contribution in [2.24, 2.45) is 0 Å². The van der Waals surface area contributed by atoms with Gasteiger partial charge in [-0.1, -0.05) is 6.07 Å². The Hall–Kier alpha value is -2.05. The summed E-state index contributed by atoms with van der Waals surface area (Å²) >= 11 is 0. The minimum atomic E-state index is -3.19. The van der Waals surface area contributed by atoms with Crippen LogP contribution in [-0.2, 0) is 4.74 Å². The van der Waals surface area contributed by atoms with E-state index in [1.807, 2.05) is 0 Å². The zero-order valence-electron chi connectivity index (χ0n) is 11.1. The molecule has 0 bridgehead atoms. The lowest BCUT2D eigenvalue weighted by atomic mass is 9.99. The van der Waals surface area contributed by atoms with E-state index in [2.05, 4.69) is 10.1 Å². The average molecular weight is 287 g/mol. The average Bonchev–Trinajstić information content (AvgIpc) is 2.42. The van der Waals surface area contributed by atoms with Crippen LogP contribution in [-0.4, -0.2) is 32.3 Å². The molecule has 1 N–H and O–H groups in total. The van der Waals surface area contributed by atoms with Gasteiger partial charge in [0.2, 0.25) is 0 Å². The highest BCUT2D eigenvalue weighted by Crippen LogP contribution is 2.38. The number of hydrogen-bond donors (Lipinski definition) is 1. The number of hydrogen-bond acceptors (Lipinski definition) is 4. The Morgan fingerprint density at radius 3 is 2.85 bits per heavy atom. The van der Waals surface area contributed by atoms with Gasteiger partial charge in [0.05, 0.1) is 13.7 Å². The van der Waals surface area contributed by atoms with Gasteiger partial charge in [-0.3, -0.25) is 0 Å². The standard InChI is InChI=1S/C13H15F2NO4/c1-3-19-9-5-4-8(6-10(9)18-2)11-13(14,15)7-20-12(17)16-11/h4-6,11H,3,7H2,1-2H3,(H,16,17)/t11-/m0/s1. The van der Waals surface area contributed by atoms with Crippen LogP contribution in [0.2, 0.25) is 0 Å². The molecule has 1 atom stereocenters. The Kier molecular flexibility index (Phi) is 3.96. The molecule has 0 aromatic heterocycles. The molecule has 5 nitrogen and oxygen atoms in total. The zero-order valence-corrected chi connectivity index (χ0v) is 11.1. The van der Waals surface area contributed by atoms with E-state index in [0.29, 0.717) is 18.1 Å². The van der Waals surface area contributed by atoms with Gasteiger partial charge in [0.15, 0.2) is 18.1 Å². The third kappa shape index (κ3) is 2.76. The van der Waals surface area contributed by atoms with E-state index >= 15 is 0 Å². The predicted molar refractivity (Wildman–Crippen MR) is 66.3 cm³/mol. The summed E-state index contributed by atoms with van der Waals surface area (Å²) in [6.07, 6.45) is -0.867. The molecule has 1 aromatic rings. The summed E-state index contributed by atoms with van der Waals surface area (Å²) in [5.74, 6) is -2.40. The smallest absolute Gasteiger partial charge is 0.408 e. The van der Waals surface area contributed by atoms with Crippen LogP contribution in [0.3, 0.4) is 0 Å². The highest BCUT2D eigenvalue weighted by atomic mass is 19.3. The highest BCUT2D eigenvalue weighted by molar-refractivity contribution is 5.69. The summed E-state index contributed by atoms with van der Waals surface area (Å²) in [5.41, 5.74) is 0.229. The number of ether oxygens (including phenoxy) is 3. The first-order valence-corrected chi connectivity index (χ1v) is 6.09. The van der Waals surface area contributed by atoms with Gasteiger partial charge in [-0.2, -0.15) is 0 Å². The van der Waals surface area contributed by atoms with Crippen LogP contribution in [0.25, 0.3) is 0 Å². The summed E-state index contributed by atoms with van der Waals surface area (Å²) in [4.78, 5) is 11.1. The van der Waals surface area contributed by atoms with Crippen LogP contribution >= 0.6 is 0 Å². The Labute approximate surface area is 114 Å². The molecule has 1 saturated heterocycles. The zero-order chi connectivity index (χ0) is 14.8. The monoisotopic (exact) mass is 287 g/mol. The van der Waals surface area contributed by atoms with Crippen molar-refractivity contribution in [3.05, 3.63) is 23.8 Å². The molecule has 2 rings (SSSR count). The van der Waals surface area contributed by atoms with E-state index in [0.717, 1.165) is 0 Å². The van der Waals surface area contributed by atoms with Crippen LogP contribution < -0.4 is 14.8 Å². The van der Waals surface area contributed by atoms with Crippen molar-refractivity contribution in [1.29, 1.82) is 0 Å². The summed E-state index contributed by atoms with van der Waals surface area (Å²) in [7, 11) is 1.42. The van der Waals surface area contributed by atoms with Gasteiger partial charge in [0.1, 0.15) is 6.04 Å². The van der Waals surface area contributed by atoms with Crippen molar-refractivity contribution in [3.63, 3.8) is 0 Å². The van der Waals surface area contributed by atoms with Crippen molar-refractivity contribution in [2.45, 2.75) is 18.9 Å². The summed E-state index contributed by atoms with van der Waals surface area (Å²) < 4.78 is 42.3. The number of carbonyl (C=O) groups is 1. The van der Waals surface area contributed by atoms with Crippen LogP contribution in [0.15, 0.2) is 18.2 Å². The lowest BCUT2D eigenvalue weighted by Gasteiger charge is -2.32. The molecule has 1 aromatic carbocycles. The molecular formula is C13H15F2NO4. The molecular weight excluding hydrogens is 272 g/mol. The fourth-order valence-corrected chi connectivity index (χ4v) is 1.98. The normalized spacial score (nSPS) is 20.8. The second kappa shape index (κ2) is 5.52. The predicted octanol–water partition coefficient (Wildman–Crippen LogP) is 2.51. The minimum absolute atomic E-state index is 0.229. The lowest BCUT2D eigenvalue weighted by Crippen LogP contribution is -2.49. The molecule has 1 aliphatic rings. The van der Waals surface area contributed by atoms with Crippen molar-refractivity contribution in [1.82, 2.24) is 5.32 Å². The summed E-state index contributed by atoms with van der Waals surface area (Å²) in [6.45, 7) is 1.29. The molecule has 0 saturated carbocycles. The number of methoxy groups -OCH3 is 1. The minimum Gasteiger partial charge on any atom is -0.493 e. The van der Waals surface area contributed by atoms with Crippen molar-refractivity contribution in [3.8, 4) is 11.5 Å². The highest BCUT2D eigenvalue weighted by Gasteiger charge is 2.47. The van der Waals surface area contributed by atoms with Crippen molar-refractivity contribution < 1.29 is 27.8 Å². The van der Waals surface area contributed by atoms with Crippen molar-refractivity contribution in [2.75, 3.05) is 20.3 Å². The number of alkyl halides is 2. The van der Waals surface area contributed by atoms with Gasteiger partial charge < -0.3 is 19.5 Å². The van der Waals surface area contributed by atoms with Gasteiger partial charge in [0.25, 0.3) is 0 Å². The number of carbonyl (C=O) groups excluding carboxylic acids is 1. The second-order valence-electron chi connectivity index (χ2n) is 4.26. The summed E-state index contributed by atoms with van der Waals surface area (Å²) in [6, 6.07) is 2.98. The molecule has 1 heterocycles. The third-order valence-electron chi connectivity index (χ3n) is 2.90. The van der Waals surface area contributed by atoms with Gasteiger partial charge >= 0.3 is 12.0 Å². The van der Waals surface area contributed by atoms with Crippen LogP contribution in [0.4, 0.5) is 13.6 Å². The van der Waals surface area contributed by atoms with Gasteiger partial charge in [0, 0.05) is 0 Å². The van der Waals surface area contributed by atoms with Gasteiger partial charge in [-0.25, -0.2) is 13.6 Å². The first-order valence-electron chi connectivity index (χ1n) is 6.09. The Morgan fingerprint density at radius 2 is 2.20 bits per heavy atom. The molecule has 1 fully saturated rings. The van der Waals surface area contributed by atoms with E-state index in [4.69, 9.17) is 9.47 Å². The van der Waals surface area contributed by atoms with Gasteiger partial charge in [-0.15, -0.1) is 0 Å². The third-order valence-corrected chi connectivity index (χ3v) is 2.90. The molecule has 20 heavy (non-hydrogen) atoms. The molecule has 1 amide bonds. The molecule has 110 valence electrons. The lowest BCUT2D eigenvalue weighted by molar-refractivity contribution is -0.104. The second-order valence-corrected chi connectivity index (χ2v) is 4.26. The molecule has 0 aliphatic carbocycles. The fraction of sp³-hybridized carbons (Fsp3) is 0.462.